The third-order valence-electron chi connectivity index (χ3n) is 2.55. The lowest BCUT2D eigenvalue weighted by Gasteiger charge is -2.14. The molecular weight excluding hydrogens is 200 g/mol. The second-order valence-corrected chi connectivity index (χ2v) is 3.97. The van der Waals surface area contributed by atoms with E-state index >= 15 is 0 Å². The molecule has 0 atom stereocenters. The van der Waals surface area contributed by atoms with E-state index in [0.29, 0.717) is 5.92 Å². The summed E-state index contributed by atoms with van der Waals surface area (Å²) in [5.74, 6) is 1.27. The first-order valence-corrected chi connectivity index (χ1v) is 5.40. The monoisotopic (exact) mass is 216 g/mol. The Bertz CT molecular complexity index is 460. The third kappa shape index (κ3) is 1.78. The average molecular weight is 216 g/mol. The van der Waals surface area contributed by atoms with Gasteiger partial charge in [-0.25, -0.2) is 9.97 Å². The van der Waals surface area contributed by atoms with Crippen LogP contribution < -0.4 is 5.32 Å². The van der Waals surface area contributed by atoms with Crippen molar-refractivity contribution < 1.29 is 0 Å². The number of nitrogens with zero attached hydrogens (tertiary/aromatic N) is 2. The van der Waals surface area contributed by atoms with E-state index in [9.17, 15) is 0 Å². The van der Waals surface area contributed by atoms with Gasteiger partial charge in [-0.2, -0.15) is 0 Å². The highest BCUT2D eigenvalue weighted by Gasteiger charge is 2.15. The van der Waals surface area contributed by atoms with Crippen molar-refractivity contribution in [2.45, 2.75) is 19.8 Å². The molecule has 0 spiro atoms. The number of H-pyrrole nitrogens is 1. The fourth-order valence-electron chi connectivity index (χ4n) is 1.83. The van der Waals surface area contributed by atoms with Crippen LogP contribution in [0.5, 0.6) is 0 Å². The maximum Gasteiger partial charge on any atom is 0.133 e. The number of hydrogen-bond acceptors (Lipinski definition) is 3. The Morgan fingerprint density at radius 1 is 1.31 bits per heavy atom. The van der Waals surface area contributed by atoms with Gasteiger partial charge in [-0.1, -0.05) is 13.8 Å². The summed E-state index contributed by atoms with van der Waals surface area (Å²) in [7, 11) is 1.88. The van der Waals surface area contributed by atoms with Crippen molar-refractivity contribution in [1.29, 1.82) is 0 Å². The van der Waals surface area contributed by atoms with Crippen molar-refractivity contribution in [3.63, 3.8) is 0 Å². The Balaban J connectivity index is 2.61. The molecule has 0 radical (unpaired) electrons. The van der Waals surface area contributed by atoms with Crippen molar-refractivity contribution in [1.82, 2.24) is 15.0 Å². The number of aromatic nitrogens is 3. The van der Waals surface area contributed by atoms with Crippen LogP contribution in [0.3, 0.4) is 0 Å². The quantitative estimate of drug-likeness (QED) is 0.829. The summed E-state index contributed by atoms with van der Waals surface area (Å²) in [6.45, 7) is 4.29. The predicted molar refractivity (Wildman–Crippen MR) is 65.5 cm³/mol. The zero-order valence-corrected chi connectivity index (χ0v) is 9.78. The summed E-state index contributed by atoms with van der Waals surface area (Å²) in [6, 6.07) is 3.99. The van der Waals surface area contributed by atoms with Gasteiger partial charge >= 0.3 is 0 Å². The molecule has 0 saturated carbocycles. The molecule has 0 aliphatic heterocycles. The lowest BCUT2D eigenvalue weighted by atomic mass is 10.0. The number of aromatic amines is 1. The first kappa shape index (κ1) is 10.7. The highest BCUT2D eigenvalue weighted by atomic mass is 15.0. The molecule has 2 aromatic rings. The van der Waals surface area contributed by atoms with E-state index in [-0.39, 0.29) is 0 Å². The number of nitrogens with one attached hydrogen (secondary N) is 2. The molecule has 0 bridgehead atoms. The third-order valence-corrected chi connectivity index (χ3v) is 2.55. The second kappa shape index (κ2) is 4.35. The molecule has 2 N–H and O–H groups in total. The van der Waals surface area contributed by atoms with Crippen molar-refractivity contribution >= 4 is 5.82 Å². The molecule has 2 heterocycles. The zero-order chi connectivity index (χ0) is 11.5. The molecule has 0 fully saturated rings. The minimum absolute atomic E-state index is 0.377. The number of hydrogen-bond donors (Lipinski definition) is 2. The van der Waals surface area contributed by atoms with Crippen LogP contribution in [0.1, 0.15) is 25.3 Å². The second-order valence-electron chi connectivity index (χ2n) is 3.97. The smallest absolute Gasteiger partial charge is 0.133 e. The molecule has 4 nitrogen and oxygen atoms in total. The van der Waals surface area contributed by atoms with Crippen LogP contribution in [0, 0.1) is 0 Å². The Kier molecular flexibility index (Phi) is 2.90. The average Bonchev–Trinajstić information content (AvgIpc) is 2.81. The lowest BCUT2D eigenvalue weighted by molar-refractivity contribution is 0.851. The molecule has 0 aliphatic carbocycles. The summed E-state index contributed by atoms with van der Waals surface area (Å²) in [5.41, 5.74) is 3.15. The Morgan fingerprint density at radius 3 is 2.69 bits per heavy atom. The van der Waals surface area contributed by atoms with E-state index < -0.39 is 0 Å². The summed E-state index contributed by atoms with van der Waals surface area (Å²) in [6.07, 6.45) is 3.49. The van der Waals surface area contributed by atoms with E-state index in [1.807, 2.05) is 25.4 Å². The van der Waals surface area contributed by atoms with Gasteiger partial charge in [-0.3, -0.25) is 0 Å². The molecule has 2 rings (SSSR count). The molecule has 4 heteroatoms. The minimum atomic E-state index is 0.377. The van der Waals surface area contributed by atoms with Gasteiger partial charge in [0.25, 0.3) is 0 Å². The Labute approximate surface area is 95.1 Å². The Hall–Kier alpha value is -1.84. The summed E-state index contributed by atoms with van der Waals surface area (Å²) >= 11 is 0. The molecule has 0 aromatic carbocycles. The SMILES string of the molecule is CNc1ncnc(-c2ccc[nH]2)c1C(C)C. The van der Waals surface area contributed by atoms with E-state index in [1.165, 1.54) is 0 Å². The first-order chi connectivity index (χ1) is 7.74. The number of rotatable bonds is 3. The molecule has 2 aromatic heterocycles. The van der Waals surface area contributed by atoms with E-state index in [2.05, 4.69) is 34.1 Å². The highest BCUT2D eigenvalue weighted by Crippen LogP contribution is 2.30. The van der Waals surface area contributed by atoms with Gasteiger partial charge in [0.1, 0.15) is 12.1 Å². The summed E-state index contributed by atoms with van der Waals surface area (Å²) < 4.78 is 0. The van der Waals surface area contributed by atoms with Gasteiger partial charge in [-0.15, -0.1) is 0 Å². The van der Waals surface area contributed by atoms with E-state index in [4.69, 9.17) is 0 Å². The molecule has 16 heavy (non-hydrogen) atoms. The largest absolute Gasteiger partial charge is 0.373 e. The standard InChI is InChI=1S/C12H16N4/c1-8(2)10-11(9-5-4-6-14-9)15-7-16-12(10)13-3/h4-8,14H,1-3H3,(H,13,15,16). The van der Waals surface area contributed by atoms with Crippen LogP contribution in [0.15, 0.2) is 24.7 Å². The highest BCUT2D eigenvalue weighted by molar-refractivity contribution is 5.66. The van der Waals surface area contributed by atoms with Crippen LogP contribution in [0.4, 0.5) is 5.82 Å². The van der Waals surface area contributed by atoms with E-state index in [1.54, 1.807) is 6.33 Å². The lowest BCUT2D eigenvalue weighted by Crippen LogP contribution is -2.04. The normalized spacial score (nSPS) is 10.8. The molecule has 0 saturated heterocycles. The zero-order valence-electron chi connectivity index (χ0n) is 9.78. The minimum Gasteiger partial charge on any atom is -0.373 e. The van der Waals surface area contributed by atoms with E-state index in [0.717, 1.165) is 22.8 Å². The predicted octanol–water partition coefficient (Wildman–Crippen LogP) is 2.64. The summed E-state index contributed by atoms with van der Waals surface area (Å²) in [5, 5.41) is 3.11. The maximum absolute atomic E-state index is 4.37. The van der Waals surface area contributed by atoms with Crippen molar-refractivity contribution in [2.75, 3.05) is 12.4 Å². The van der Waals surface area contributed by atoms with Gasteiger partial charge < -0.3 is 10.3 Å². The van der Waals surface area contributed by atoms with Crippen LogP contribution in [-0.4, -0.2) is 22.0 Å². The first-order valence-electron chi connectivity index (χ1n) is 5.40. The van der Waals surface area contributed by atoms with Gasteiger partial charge in [-0.05, 0) is 18.1 Å². The van der Waals surface area contributed by atoms with Crippen LogP contribution in [0.25, 0.3) is 11.4 Å². The van der Waals surface area contributed by atoms with Gasteiger partial charge in [0, 0.05) is 18.8 Å². The Morgan fingerprint density at radius 2 is 2.12 bits per heavy atom. The topological polar surface area (TPSA) is 53.6 Å². The fraction of sp³-hybridized carbons (Fsp3) is 0.333. The molecular formula is C12H16N4. The fourth-order valence-corrected chi connectivity index (χ4v) is 1.83. The van der Waals surface area contributed by atoms with Crippen molar-refractivity contribution in [3.8, 4) is 11.4 Å². The summed E-state index contributed by atoms with van der Waals surface area (Å²) in [4.78, 5) is 11.8. The maximum atomic E-state index is 4.37. The van der Waals surface area contributed by atoms with Gasteiger partial charge in [0.15, 0.2) is 0 Å². The van der Waals surface area contributed by atoms with Crippen LogP contribution in [0.2, 0.25) is 0 Å². The molecule has 0 amide bonds. The van der Waals surface area contributed by atoms with Crippen LogP contribution in [-0.2, 0) is 0 Å². The van der Waals surface area contributed by atoms with Crippen LogP contribution >= 0.6 is 0 Å². The van der Waals surface area contributed by atoms with Gasteiger partial charge in [0.2, 0.25) is 0 Å². The van der Waals surface area contributed by atoms with Gasteiger partial charge in [0.05, 0.1) is 11.4 Å². The molecule has 0 unspecified atom stereocenters. The molecule has 84 valence electrons. The van der Waals surface area contributed by atoms with Crippen molar-refractivity contribution in [2.24, 2.45) is 0 Å². The van der Waals surface area contributed by atoms with Crippen molar-refractivity contribution in [3.05, 3.63) is 30.2 Å². The molecule has 0 aliphatic rings. The number of anilines is 1.